The lowest BCUT2D eigenvalue weighted by atomic mass is 9.62. The van der Waals surface area contributed by atoms with Crippen molar-refractivity contribution in [3.8, 4) is 0 Å². The second-order valence-corrected chi connectivity index (χ2v) is 7.51. The summed E-state index contributed by atoms with van der Waals surface area (Å²) in [6, 6.07) is 0. The van der Waals surface area contributed by atoms with Crippen LogP contribution in [0.15, 0.2) is 12.2 Å². The van der Waals surface area contributed by atoms with Crippen molar-refractivity contribution >= 4 is 0 Å². The highest BCUT2D eigenvalue weighted by molar-refractivity contribution is 5.09. The van der Waals surface area contributed by atoms with E-state index in [9.17, 15) is 0 Å². The minimum Gasteiger partial charge on any atom is -0.0999 e. The van der Waals surface area contributed by atoms with Crippen LogP contribution in [0.2, 0.25) is 0 Å². The van der Waals surface area contributed by atoms with Crippen molar-refractivity contribution in [1.29, 1.82) is 0 Å². The van der Waals surface area contributed by atoms with Crippen LogP contribution in [0.5, 0.6) is 0 Å². The minimum absolute atomic E-state index is 0.583. The standard InChI is InChI=1S/C17H30/c1-6-7-13(2)8-9-15-16(3,4)14-10-11-17(15,5)12-14/h14-15H,2,6-12H2,1,3-5H3. The van der Waals surface area contributed by atoms with Crippen LogP contribution in [-0.2, 0) is 0 Å². The van der Waals surface area contributed by atoms with E-state index in [1.807, 2.05) is 0 Å². The Bertz CT molecular complexity index is 294. The van der Waals surface area contributed by atoms with Crippen molar-refractivity contribution in [3.63, 3.8) is 0 Å². The van der Waals surface area contributed by atoms with E-state index in [1.165, 1.54) is 50.5 Å². The van der Waals surface area contributed by atoms with Gasteiger partial charge in [-0.3, -0.25) is 0 Å². The zero-order valence-corrected chi connectivity index (χ0v) is 12.3. The topological polar surface area (TPSA) is 0 Å². The maximum absolute atomic E-state index is 4.24. The third-order valence-corrected chi connectivity index (χ3v) is 5.96. The SMILES string of the molecule is C=C(CCC)CCC1C2(C)CCC(C2)C1(C)C. The molecule has 0 radical (unpaired) electrons. The van der Waals surface area contributed by atoms with E-state index in [2.05, 4.69) is 34.3 Å². The molecule has 0 N–H and O–H groups in total. The summed E-state index contributed by atoms with van der Waals surface area (Å²) in [7, 11) is 0. The number of hydrogen-bond acceptors (Lipinski definition) is 0. The largest absolute Gasteiger partial charge is 0.0999 e. The molecule has 17 heavy (non-hydrogen) atoms. The zero-order chi connectivity index (χ0) is 12.7. The molecule has 0 amide bonds. The van der Waals surface area contributed by atoms with Gasteiger partial charge in [-0.2, -0.15) is 0 Å². The summed E-state index contributed by atoms with van der Waals surface area (Å²) < 4.78 is 0. The Kier molecular flexibility index (Phi) is 3.45. The highest BCUT2D eigenvalue weighted by atomic mass is 14.6. The molecule has 2 bridgehead atoms. The van der Waals surface area contributed by atoms with Gasteiger partial charge in [-0.15, -0.1) is 0 Å². The van der Waals surface area contributed by atoms with Gasteiger partial charge in [-0.25, -0.2) is 0 Å². The zero-order valence-electron chi connectivity index (χ0n) is 12.3. The van der Waals surface area contributed by atoms with Crippen LogP contribution in [0.4, 0.5) is 0 Å². The molecule has 2 rings (SSSR count). The number of allylic oxidation sites excluding steroid dienone is 1. The number of rotatable bonds is 5. The lowest BCUT2D eigenvalue weighted by Crippen LogP contribution is -2.35. The Balaban J connectivity index is 1.98. The average molecular weight is 234 g/mol. The maximum Gasteiger partial charge on any atom is -0.0289 e. The van der Waals surface area contributed by atoms with E-state index in [0.29, 0.717) is 10.8 Å². The van der Waals surface area contributed by atoms with Gasteiger partial charge in [0, 0.05) is 0 Å². The van der Waals surface area contributed by atoms with Crippen molar-refractivity contribution in [1.82, 2.24) is 0 Å². The molecule has 0 spiro atoms. The van der Waals surface area contributed by atoms with Crippen molar-refractivity contribution in [2.75, 3.05) is 0 Å². The fourth-order valence-corrected chi connectivity index (χ4v) is 4.95. The van der Waals surface area contributed by atoms with Crippen LogP contribution in [0.1, 0.15) is 72.6 Å². The van der Waals surface area contributed by atoms with Crippen LogP contribution in [0.25, 0.3) is 0 Å². The van der Waals surface area contributed by atoms with E-state index >= 15 is 0 Å². The Morgan fingerprint density at radius 3 is 2.47 bits per heavy atom. The lowest BCUT2D eigenvalue weighted by Gasteiger charge is -2.43. The second-order valence-electron chi connectivity index (χ2n) is 7.51. The first kappa shape index (κ1) is 13.2. The van der Waals surface area contributed by atoms with Crippen molar-refractivity contribution < 1.29 is 0 Å². The maximum atomic E-state index is 4.24. The monoisotopic (exact) mass is 234 g/mol. The first-order valence-electron chi connectivity index (χ1n) is 7.57. The van der Waals surface area contributed by atoms with E-state index in [4.69, 9.17) is 0 Å². The number of hydrogen-bond donors (Lipinski definition) is 0. The minimum atomic E-state index is 0.583. The first-order valence-corrected chi connectivity index (χ1v) is 7.57. The van der Waals surface area contributed by atoms with Gasteiger partial charge < -0.3 is 0 Å². The quantitative estimate of drug-likeness (QED) is 0.544. The summed E-state index contributed by atoms with van der Waals surface area (Å²) in [6.45, 7) is 14.1. The lowest BCUT2D eigenvalue weighted by molar-refractivity contribution is 0.0673. The van der Waals surface area contributed by atoms with Gasteiger partial charge in [0.25, 0.3) is 0 Å². The number of fused-ring (bicyclic) bond motifs is 2. The van der Waals surface area contributed by atoms with Gasteiger partial charge in [-0.05, 0) is 61.2 Å². The van der Waals surface area contributed by atoms with Crippen LogP contribution in [0.3, 0.4) is 0 Å². The molecule has 0 heterocycles. The van der Waals surface area contributed by atoms with Gasteiger partial charge in [-0.1, -0.05) is 46.3 Å². The molecular weight excluding hydrogens is 204 g/mol. The third-order valence-electron chi connectivity index (χ3n) is 5.96. The molecule has 3 unspecified atom stereocenters. The van der Waals surface area contributed by atoms with E-state index in [-0.39, 0.29) is 0 Å². The van der Waals surface area contributed by atoms with Gasteiger partial charge in [0.1, 0.15) is 0 Å². The first-order chi connectivity index (χ1) is 7.90. The van der Waals surface area contributed by atoms with Gasteiger partial charge in [0.2, 0.25) is 0 Å². The highest BCUT2D eigenvalue weighted by Crippen LogP contribution is 2.67. The molecule has 0 heteroatoms. The second kappa shape index (κ2) is 4.44. The van der Waals surface area contributed by atoms with Crippen LogP contribution < -0.4 is 0 Å². The van der Waals surface area contributed by atoms with E-state index in [1.54, 1.807) is 0 Å². The predicted octanol–water partition coefficient (Wildman–Crippen LogP) is 5.59. The summed E-state index contributed by atoms with van der Waals surface area (Å²) in [4.78, 5) is 0. The van der Waals surface area contributed by atoms with Crippen molar-refractivity contribution in [2.24, 2.45) is 22.7 Å². The Morgan fingerprint density at radius 2 is 1.94 bits per heavy atom. The summed E-state index contributed by atoms with van der Waals surface area (Å²) in [6.07, 6.45) is 9.59. The molecule has 2 saturated carbocycles. The van der Waals surface area contributed by atoms with Gasteiger partial charge >= 0.3 is 0 Å². The smallest absolute Gasteiger partial charge is 0.0289 e. The van der Waals surface area contributed by atoms with Crippen LogP contribution >= 0.6 is 0 Å². The molecule has 0 aromatic carbocycles. The molecule has 2 aliphatic carbocycles. The van der Waals surface area contributed by atoms with E-state index < -0.39 is 0 Å². The molecule has 0 aromatic rings. The molecular formula is C17H30. The van der Waals surface area contributed by atoms with Crippen molar-refractivity contribution in [2.45, 2.75) is 72.6 Å². The summed E-state index contributed by atoms with van der Waals surface area (Å²) in [5.74, 6) is 1.93. The van der Waals surface area contributed by atoms with Gasteiger partial charge in [0.05, 0.1) is 0 Å². The average Bonchev–Trinajstić information content (AvgIpc) is 2.69. The summed E-state index contributed by atoms with van der Waals surface area (Å²) in [5, 5.41) is 0. The Morgan fingerprint density at radius 1 is 1.24 bits per heavy atom. The summed E-state index contributed by atoms with van der Waals surface area (Å²) >= 11 is 0. The van der Waals surface area contributed by atoms with Crippen LogP contribution in [0, 0.1) is 22.7 Å². The van der Waals surface area contributed by atoms with Crippen molar-refractivity contribution in [3.05, 3.63) is 12.2 Å². The molecule has 2 aliphatic rings. The van der Waals surface area contributed by atoms with Crippen LogP contribution in [-0.4, -0.2) is 0 Å². The third kappa shape index (κ3) is 2.20. The fraction of sp³-hybridized carbons (Fsp3) is 0.882. The molecule has 3 atom stereocenters. The summed E-state index contributed by atoms with van der Waals surface area (Å²) in [5.41, 5.74) is 2.72. The molecule has 0 aliphatic heterocycles. The van der Waals surface area contributed by atoms with E-state index in [0.717, 1.165) is 11.8 Å². The Hall–Kier alpha value is -0.260. The molecule has 0 saturated heterocycles. The molecule has 2 fully saturated rings. The van der Waals surface area contributed by atoms with Gasteiger partial charge in [0.15, 0.2) is 0 Å². The fourth-order valence-electron chi connectivity index (χ4n) is 4.95. The molecule has 0 nitrogen and oxygen atoms in total. The molecule has 98 valence electrons. The highest BCUT2D eigenvalue weighted by Gasteiger charge is 2.58. The molecule has 0 aromatic heterocycles. The predicted molar refractivity (Wildman–Crippen MR) is 76.0 cm³/mol. The Labute approximate surface area is 108 Å². The normalized spacial score (nSPS) is 38.6.